The molecule has 0 aromatic carbocycles. The maximum Gasteiger partial charge on any atom is 0.126 e. The fourth-order valence-electron chi connectivity index (χ4n) is 0.885. The van der Waals surface area contributed by atoms with Gasteiger partial charge in [-0.1, -0.05) is 6.07 Å². The molecule has 2 heteroatoms. The Morgan fingerprint density at radius 1 is 1.40 bits per heavy atom. The van der Waals surface area contributed by atoms with Crippen LogP contribution >= 0.6 is 0 Å². The van der Waals surface area contributed by atoms with Gasteiger partial charge in [0.05, 0.1) is 0 Å². The molecule has 0 unspecified atom stereocenters. The van der Waals surface area contributed by atoms with E-state index in [4.69, 9.17) is 0 Å². The van der Waals surface area contributed by atoms with Gasteiger partial charge in [0.15, 0.2) is 0 Å². The van der Waals surface area contributed by atoms with Crippen LogP contribution in [0.5, 0.6) is 0 Å². The van der Waals surface area contributed by atoms with Crippen molar-refractivity contribution in [3.05, 3.63) is 24.4 Å². The summed E-state index contributed by atoms with van der Waals surface area (Å²) in [7, 11) is 0. The Hall–Kier alpha value is -1.05. The first-order valence-corrected chi connectivity index (χ1v) is 3.63. The third-order valence-corrected chi connectivity index (χ3v) is 1.59. The molecule has 2 rings (SSSR count). The van der Waals surface area contributed by atoms with E-state index in [2.05, 4.69) is 10.3 Å². The van der Waals surface area contributed by atoms with Crippen molar-refractivity contribution in [3.63, 3.8) is 0 Å². The molecule has 2 nitrogen and oxygen atoms in total. The van der Waals surface area contributed by atoms with Crippen molar-refractivity contribution < 1.29 is 0 Å². The van der Waals surface area contributed by atoms with Gasteiger partial charge in [0.25, 0.3) is 0 Å². The maximum absolute atomic E-state index is 4.15. The summed E-state index contributed by atoms with van der Waals surface area (Å²) in [6.45, 7) is 0. The van der Waals surface area contributed by atoms with E-state index in [1.807, 2.05) is 24.4 Å². The van der Waals surface area contributed by atoms with Gasteiger partial charge in [0.2, 0.25) is 0 Å². The van der Waals surface area contributed by atoms with Crippen LogP contribution in [0, 0.1) is 0 Å². The quantitative estimate of drug-likeness (QED) is 0.665. The maximum atomic E-state index is 4.15. The largest absolute Gasteiger partial charge is 0.367 e. The summed E-state index contributed by atoms with van der Waals surface area (Å²) >= 11 is 0. The van der Waals surface area contributed by atoms with Gasteiger partial charge < -0.3 is 5.32 Å². The first-order chi connectivity index (χ1) is 4.95. The fraction of sp³-hybridized carbons (Fsp3) is 0.375. The predicted octanol–water partition coefficient (Wildman–Crippen LogP) is 1.66. The molecule has 0 spiro atoms. The van der Waals surface area contributed by atoms with Gasteiger partial charge >= 0.3 is 0 Å². The van der Waals surface area contributed by atoms with Crippen LogP contribution in [0.1, 0.15) is 12.8 Å². The molecule has 0 aliphatic heterocycles. The fourth-order valence-corrected chi connectivity index (χ4v) is 0.885. The molecule has 0 saturated heterocycles. The lowest BCUT2D eigenvalue weighted by molar-refractivity contribution is 1.11. The number of hydrogen-bond acceptors (Lipinski definition) is 2. The number of pyridine rings is 1. The molecule has 1 fully saturated rings. The average molecular weight is 134 g/mol. The third-order valence-electron chi connectivity index (χ3n) is 1.59. The Bertz CT molecular complexity index is 204. The molecule has 1 aromatic rings. The first-order valence-electron chi connectivity index (χ1n) is 3.63. The number of anilines is 1. The summed E-state index contributed by atoms with van der Waals surface area (Å²) in [5.74, 6) is 1.00. The Kier molecular flexibility index (Phi) is 1.31. The monoisotopic (exact) mass is 134 g/mol. The standard InChI is InChI=1S/C8H10N2/c1-2-6-9-8(3-1)10-7-4-5-7/h1-3,6-7H,4-5H2,(H,9,10). The lowest BCUT2D eigenvalue weighted by Crippen LogP contribution is -2.01. The highest BCUT2D eigenvalue weighted by Crippen LogP contribution is 2.22. The lowest BCUT2D eigenvalue weighted by atomic mass is 10.4. The zero-order valence-corrected chi connectivity index (χ0v) is 5.75. The molecule has 0 bridgehead atoms. The van der Waals surface area contributed by atoms with Gasteiger partial charge in [-0.3, -0.25) is 0 Å². The van der Waals surface area contributed by atoms with Crippen LogP contribution in [0.3, 0.4) is 0 Å². The summed E-state index contributed by atoms with van der Waals surface area (Å²) in [5.41, 5.74) is 0. The van der Waals surface area contributed by atoms with E-state index >= 15 is 0 Å². The second-order valence-corrected chi connectivity index (χ2v) is 2.63. The van der Waals surface area contributed by atoms with Gasteiger partial charge in [-0.2, -0.15) is 0 Å². The molecule has 1 saturated carbocycles. The number of rotatable bonds is 2. The highest BCUT2D eigenvalue weighted by atomic mass is 15.0. The van der Waals surface area contributed by atoms with Crippen LogP contribution in [-0.2, 0) is 0 Å². The minimum atomic E-state index is 0.704. The zero-order chi connectivity index (χ0) is 6.81. The number of aromatic nitrogens is 1. The van der Waals surface area contributed by atoms with Crippen LogP contribution in [0.25, 0.3) is 0 Å². The summed E-state index contributed by atoms with van der Waals surface area (Å²) in [5, 5.41) is 3.30. The molecule has 1 heterocycles. The Morgan fingerprint density at radius 3 is 2.90 bits per heavy atom. The van der Waals surface area contributed by atoms with Gasteiger partial charge in [-0.25, -0.2) is 4.98 Å². The van der Waals surface area contributed by atoms with Crippen molar-refractivity contribution in [2.75, 3.05) is 5.32 Å². The Labute approximate surface area is 60.3 Å². The van der Waals surface area contributed by atoms with Gasteiger partial charge in [0.1, 0.15) is 5.82 Å². The second kappa shape index (κ2) is 2.29. The van der Waals surface area contributed by atoms with Crippen molar-refractivity contribution in [1.29, 1.82) is 0 Å². The van der Waals surface area contributed by atoms with Crippen molar-refractivity contribution in [3.8, 4) is 0 Å². The summed E-state index contributed by atoms with van der Waals surface area (Å²) in [6, 6.07) is 6.63. The Balaban J connectivity index is 2.03. The topological polar surface area (TPSA) is 24.9 Å². The van der Waals surface area contributed by atoms with Crippen LogP contribution in [0.2, 0.25) is 0 Å². The van der Waals surface area contributed by atoms with Gasteiger partial charge in [-0.05, 0) is 25.0 Å². The second-order valence-electron chi connectivity index (χ2n) is 2.63. The SMILES string of the molecule is c1ccc(NC2CC2)nc1. The normalized spacial score (nSPS) is 16.8. The van der Waals surface area contributed by atoms with Crippen LogP contribution in [-0.4, -0.2) is 11.0 Å². The van der Waals surface area contributed by atoms with E-state index in [9.17, 15) is 0 Å². The molecule has 0 radical (unpaired) electrons. The zero-order valence-electron chi connectivity index (χ0n) is 5.75. The van der Waals surface area contributed by atoms with Crippen molar-refractivity contribution in [2.45, 2.75) is 18.9 Å². The third kappa shape index (κ3) is 1.26. The number of nitrogens with zero attached hydrogens (tertiary/aromatic N) is 1. The Morgan fingerprint density at radius 2 is 2.30 bits per heavy atom. The highest BCUT2D eigenvalue weighted by molar-refractivity contribution is 5.35. The predicted molar refractivity (Wildman–Crippen MR) is 40.9 cm³/mol. The van der Waals surface area contributed by atoms with E-state index in [1.54, 1.807) is 0 Å². The molecule has 1 aromatic heterocycles. The molecule has 1 aliphatic carbocycles. The van der Waals surface area contributed by atoms with E-state index in [0.29, 0.717) is 6.04 Å². The summed E-state index contributed by atoms with van der Waals surface area (Å²) in [6.07, 6.45) is 4.41. The van der Waals surface area contributed by atoms with Crippen molar-refractivity contribution >= 4 is 5.82 Å². The van der Waals surface area contributed by atoms with Gasteiger partial charge in [-0.15, -0.1) is 0 Å². The number of hydrogen-bond donors (Lipinski definition) is 1. The van der Waals surface area contributed by atoms with Crippen LogP contribution in [0.15, 0.2) is 24.4 Å². The first kappa shape index (κ1) is 5.71. The number of nitrogens with one attached hydrogen (secondary N) is 1. The lowest BCUT2D eigenvalue weighted by Gasteiger charge is -1.99. The van der Waals surface area contributed by atoms with Crippen molar-refractivity contribution in [1.82, 2.24) is 4.98 Å². The molecule has 1 aliphatic rings. The smallest absolute Gasteiger partial charge is 0.126 e. The molecule has 0 amide bonds. The minimum absolute atomic E-state index is 0.704. The molecule has 1 N–H and O–H groups in total. The highest BCUT2D eigenvalue weighted by Gasteiger charge is 2.20. The van der Waals surface area contributed by atoms with Crippen LogP contribution < -0.4 is 5.32 Å². The molecule has 10 heavy (non-hydrogen) atoms. The van der Waals surface area contributed by atoms with Crippen LogP contribution in [0.4, 0.5) is 5.82 Å². The van der Waals surface area contributed by atoms with Gasteiger partial charge in [0, 0.05) is 12.2 Å². The molecule has 0 atom stereocenters. The molecule has 52 valence electrons. The molecular formula is C8H10N2. The van der Waals surface area contributed by atoms with E-state index in [1.165, 1.54) is 12.8 Å². The summed E-state index contributed by atoms with van der Waals surface area (Å²) < 4.78 is 0. The minimum Gasteiger partial charge on any atom is -0.367 e. The van der Waals surface area contributed by atoms with Crippen molar-refractivity contribution in [2.24, 2.45) is 0 Å². The van der Waals surface area contributed by atoms with E-state index in [-0.39, 0.29) is 0 Å². The average Bonchev–Trinajstić information content (AvgIpc) is 2.74. The molecular weight excluding hydrogens is 124 g/mol. The van der Waals surface area contributed by atoms with E-state index in [0.717, 1.165) is 5.82 Å². The van der Waals surface area contributed by atoms with E-state index < -0.39 is 0 Å². The summed E-state index contributed by atoms with van der Waals surface area (Å²) in [4.78, 5) is 4.15.